The topological polar surface area (TPSA) is 49.3 Å². The number of aliphatic hydroxyl groups is 1. The summed E-state index contributed by atoms with van der Waals surface area (Å²) in [4.78, 5) is 11.5. The number of hydrogen-bond acceptors (Lipinski definition) is 3. The zero-order valence-corrected chi connectivity index (χ0v) is 9.30. The Balaban J connectivity index is 2.61. The van der Waals surface area contributed by atoms with Crippen molar-refractivity contribution in [2.45, 2.75) is 23.7 Å². The van der Waals surface area contributed by atoms with Gasteiger partial charge >= 0.3 is 0 Å². The molecular weight excluding hydrogens is 236 g/mol. The summed E-state index contributed by atoms with van der Waals surface area (Å²) < 4.78 is 24.0. The number of alkyl halides is 2. The Labute approximate surface area is 95.9 Å². The van der Waals surface area contributed by atoms with Crippen LogP contribution in [-0.4, -0.2) is 22.9 Å². The molecule has 0 aromatic heterocycles. The van der Waals surface area contributed by atoms with E-state index in [9.17, 15) is 13.6 Å². The van der Waals surface area contributed by atoms with Gasteiger partial charge in [0.2, 0.25) is 0 Å². The van der Waals surface area contributed by atoms with Gasteiger partial charge in [0.25, 0.3) is 11.7 Å². The van der Waals surface area contributed by atoms with Crippen LogP contribution in [0, 0.1) is 0 Å². The van der Waals surface area contributed by atoms with Crippen molar-refractivity contribution >= 4 is 23.4 Å². The van der Waals surface area contributed by atoms with E-state index in [-0.39, 0.29) is 0 Å². The Hall–Kier alpha value is -1.14. The molecule has 0 bridgehead atoms. The van der Waals surface area contributed by atoms with E-state index < -0.39 is 17.8 Å². The Kier molecular flexibility index (Phi) is 4.70. The fourth-order valence-corrected chi connectivity index (χ4v) is 1.47. The molecule has 1 aromatic rings. The monoisotopic (exact) mass is 247 g/mol. The first kappa shape index (κ1) is 12.9. The molecule has 1 atom stereocenters. The normalized spacial score (nSPS) is 12.6. The van der Waals surface area contributed by atoms with Crippen molar-refractivity contribution in [2.75, 3.05) is 5.32 Å². The number of aliphatic hydroxyl groups excluding tert-OH is 1. The third-order valence-electron chi connectivity index (χ3n) is 1.73. The van der Waals surface area contributed by atoms with Crippen LogP contribution in [0.2, 0.25) is 0 Å². The van der Waals surface area contributed by atoms with Crippen LogP contribution in [0.25, 0.3) is 0 Å². The van der Waals surface area contributed by atoms with Crippen LogP contribution in [-0.2, 0) is 4.79 Å². The van der Waals surface area contributed by atoms with Gasteiger partial charge < -0.3 is 10.4 Å². The molecule has 0 radical (unpaired) electrons. The Morgan fingerprint density at radius 3 is 2.38 bits per heavy atom. The summed E-state index contributed by atoms with van der Waals surface area (Å²) >= 11 is 0.437. The predicted molar refractivity (Wildman–Crippen MR) is 58.6 cm³/mol. The third-order valence-corrected chi connectivity index (χ3v) is 2.45. The molecule has 2 N–H and O–H groups in total. The van der Waals surface area contributed by atoms with E-state index in [0.717, 1.165) is 0 Å². The van der Waals surface area contributed by atoms with Gasteiger partial charge in [-0.2, -0.15) is 8.78 Å². The van der Waals surface area contributed by atoms with Gasteiger partial charge in [-0.3, -0.25) is 4.79 Å². The first-order valence-electron chi connectivity index (χ1n) is 4.53. The number of anilines is 1. The smallest absolute Gasteiger partial charge is 0.288 e. The Morgan fingerprint density at radius 2 is 1.94 bits per heavy atom. The minimum Gasteiger partial charge on any atom is -0.384 e. The lowest BCUT2D eigenvalue weighted by Crippen LogP contribution is -2.24. The number of carbonyl (C=O) groups is 1. The first-order valence-corrected chi connectivity index (χ1v) is 5.41. The van der Waals surface area contributed by atoms with E-state index >= 15 is 0 Å². The van der Waals surface area contributed by atoms with Gasteiger partial charge in [0.05, 0.1) is 0 Å². The van der Waals surface area contributed by atoms with Crippen molar-refractivity contribution in [3.63, 3.8) is 0 Å². The summed E-state index contributed by atoms with van der Waals surface area (Å²) in [6, 6.07) is 5.97. The quantitative estimate of drug-likeness (QED) is 0.803. The Morgan fingerprint density at radius 1 is 1.38 bits per heavy atom. The highest BCUT2D eigenvalue weighted by molar-refractivity contribution is 7.99. The minimum absolute atomic E-state index is 0.421. The van der Waals surface area contributed by atoms with Crippen LogP contribution in [0.4, 0.5) is 14.5 Å². The SMILES string of the molecule is CC(O)C(=O)Nc1ccc(SC(F)F)cc1. The van der Waals surface area contributed by atoms with E-state index in [4.69, 9.17) is 5.11 Å². The highest BCUT2D eigenvalue weighted by atomic mass is 32.2. The number of carbonyl (C=O) groups excluding carboxylic acids is 1. The number of amides is 1. The molecule has 0 aliphatic heterocycles. The van der Waals surface area contributed by atoms with Gasteiger partial charge in [0.15, 0.2) is 0 Å². The summed E-state index contributed by atoms with van der Waals surface area (Å²) in [5.41, 5.74) is 0.463. The summed E-state index contributed by atoms with van der Waals surface area (Å²) in [6.45, 7) is 1.34. The average Bonchev–Trinajstić information content (AvgIpc) is 2.20. The van der Waals surface area contributed by atoms with E-state index in [2.05, 4.69) is 5.32 Å². The van der Waals surface area contributed by atoms with Crippen molar-refractivity contribution in [1.29, 1.82) is 0 Å². The average molecular weight is 247 g/mol. The predicted octanol–water partition coefficient (Wildman–Crippen LogP) is 2.32. The zero-order valence-electron chi connectivity index (χ0n) is 8.48. The number of thioether (sulfide) groups is 1. The van der Waals surface area contributed by atoms with Crippen LogP contribution >= 0.6 is 11.8 Å². The molecule has 1 amide bonds. The fraction of sp³-hybridized carbons (Fsp3) is 0.300. The molecule has 0 saturated heterocycles. The van der Waals surface area contributed by atoms with Crippen molar-refractivity contribution in [3.8, 4) is 0 Å². The molecule has 1 rings (SSSR count). The molecule has 1 unspecified atom stereocenters. The van der Waals surface area contributed by atoms with Crippen LogP contribution in [0.15, 0.2) is 29.2 Å². The second-order valence-corrected chi connectivity index (χ2v) is 4.13. The maximum absolute atomic E-state index is 12.0. The molecule has 0 aliphatic carbocycles. The molecule has 88 valence electrons. The number of benzene rings is 1. The maximum Gasteiger partial charge on any atom is 0.288 e. The van der Waals surface area contributed by atoms with Crippen LogP contribution in [0.3, 0.4) is 0 Å². The van der Waals surface area contributed by atoms with Crippen molar-refractivity contribution in [3.05, 3.63) is 24.3 Å². The largest absolute Gasteiger partial charge is 0.384 e. The second kappa shape index (κ2) is 5.81. The zero-order chi connectivity index (χ0) is 12.1. The molecule has 0 heterocycles. The van der Waals surface area contributed by atoms with E-state index in [1.807, 2.05) is 0 Å². The lowest BCUT2D eigenvalue weighted by Gasteiger charge is -2.07. The van der Waals surface area contributed by atoms with Gasteiger partial charge in [0.1, 0.15) is 6.10 Å². The molecular formula is C10H11F2NO2S. The molecule has 16 heavy (non-hydrogen) atoms. The van der Waals surface area contributed by atoms with Gasteiger partial charge in [-0.15, -0.1) is 0 Å². The number of halogens is 2. The molecule has 0 fully saturated rings. The molecule has 0 saturated carbocycles. The molecule has 0 aliphatic rings. The number of nitrogens with one attached hydrogen (secondary N) is 1. The summed E-state index contributed by atoms with van der Waals surface area (Å²) in [5, 5.41) is 11.4. The molecule has 1 aromatic carbocycles. The number of hydrogen-bond donors (Lipinski definition) is 2. The van der Waals surface area contributed by atoms with Crippen LogP contribution in [0.5, 0.6) is 0 Å². The van der Waals surface area contributed by atoms with Crippen LogP contribution in [0.1, 0.15) is 6.92 Å². The highest BCUT2D eigenvalue weighted by Gasteiger charge is 2.09. The lowest BCUT2D eigenvalue weighted by atomic mass is 10.3. The summed E-state index contributed by atoms with van der Waals surface area (Å²) in [7, 11) is 0. The number of rotatable bonds is 4. The summed E-state index contributed by atoms with van der Waals surface area (Å²) in [5.74, 6) is -2.99. The van der Waals surface area contributed by atoms with Gasteiger partial charge in [-0.1, -0.05) is 11.8 Å². The lowest BCUT2D eigenvalue weighted by molar-refractivity contribution is -0.123. The van der Waals surface area contributed by atoms with Gasteiger partial charge in [0, 0.05) is 10.6 Å². The van der Waals surface area contributed by atoms with Gasteiger partial charge in [-0.25, -0.2) is 0 Å². The van der Waals surface area contributed by atoms with Crippen molar-refractivity contribution in [1.82, 2.24) is 0 Å². The molecule has 0 spiro atoms. The summed E-state index contributed by atoms with van der Waals surface area (Å²) in [6.07, 6.45) is -1.10. The van der Waals surface area contributed by atoms with Crippen LogP contribution < -0.4 is 5.32 Å². The minimum atomic E-state index is -2.46. The van der Waals surface area contributed by atoms with Gasteiger partial charge in [-0.05, 0) is 31.2 Å². The van der Waals surface area contributed by atoms with E-state index in [1.54, 1.807) is 0 Å². The first-order chi connectivity index (χ1) is 7.49. The maximum atomic E-state index is 12.0. The van der Waals surface area contributed by atoms with Crippen molar-refractivity contribution < 1.29 is 18.7 Å². The molecule has 3 nitrogen and oxygen atoms in total. The van der Waals surface area contributed by atoms with Crippen molar-refractivity contribution in [2.24, 2.45) is 0 Å². The molecule has 6 heteroatoms. The third kappa shape index (κ3) is 4.16. The van der Waals surface area contributed by atoms with E-state index in [1.165, 1.54) is 31.2 Å². The highest BCUT2D eigenvalue weighted by Crippen LogP contribution is 2.26. The second-order valence-electron chi connectivity index (χ2n) is 3.07. The standard InChI is InChI=1S/C10H11F2NO2S/c1-6(14)9(15)13-7-2-4-8(5-3-7)16-10(11)12/h2-6,10,14H,1H3,(H,13,15). The Bertz CT molecular complexity index is 354. The van der Waals surface area contributed by atoms with E-state index in [0.29, 0.717) is 22.3 Å². The fourth-order valence-electron chi connectivity index (χ4n) is 0.966.